The Balaban J connectivity index is 1.37. The Labute approximate surface area is 189 Å². The van der Waals surface area contributed by atoms with Crippen LogP contribution in [0, 0.1) is 6.92 Å². The summed E-state index contributed by atoms with van der Waals surface area (Å²) in [7, 11) is 0. The SMILES string of the molecule is Cc1ccccc1OCc1nnc(SCc2cc(-c3ccco3)on2)n1-c1ccccc1. The van der Waals surface area contributed by atoms with E-state index in [0.717, 1.165) is 33.7 Å². The molecule has 0 aliphatic heterocycles. The summed E-state index contributed by atoms with van der Waals surface area (Å²) in [5.74, 6) is 3.38. The molecule has 32 heavy (non-hydrogen) atoms. The fourth-order valence-electron chi connectivity index (χ4n) is 3.24. The molecule has 0 N–H and O–H groups in total. The van der Waals surface area contributed by atoms with Gasteiger partial charge in [-0.05, 0) is 42.8 Å². The van der Waals surface area contributed by atoms with E-state index in [1.807, 2.05) is 84.3 Å². The van der Waals surface area contributed by atoms with Gasteiger partial charge in [0.25, 0.3) is 0 Å². The topological polar surface area (TPSA) is 79.1 Å². The number of aryl methyl sites for hydroxylation is 1. The summed E-state index contributed by atoms with van der Waals surface area (Å²) in [4.78, 5) is 0. The van der Waals surface area contributed by atoms with Gasteiger partial charge in [0, 0.05) is 17.5 Å². The summed E-state index contributed by atoms with van der Waals surface area (Å²) < 4.78 is 18.8. The van der Waals surface area contributed by atoms with Crippen LogP contribution in [0.15, 0.2) is 93.2 Å². The third-order valence-electron chi connectivity index (χ3n) is 4.84. The van der Waals surface area contributed by atoms with Crippen molar-refractivity contribution in [2.45, 2.75) is 24.4 Å². The first-order chi connectivity index (χ1) is 15.8. The van der Waals surface area contributed by atoms with E-state index in [-0.39, 0.29) is 0 Å². The Kier molecular flexibility index (Phi) is 5.76. The Hall–Kier alpha value is -3.78. The lowest BCUT2D eigenvalue weighted by molar-refractivity contribution is 0.291. The zero-order valence-electron chi connectivity index (χ0n) is 17.3. The molecule has 0 amide bonds. The summed E-state index contributed by atoms with van der Waals surface area (Å²) in [6, 6.07) is 23.5. The average Bonchev–Trinajstić information content (AvgIpc) is 3.58. The van der Waals surface area contributed by atoms with Crippen molar-refractivity contribution in [3.8, 4) is 23.0 Å². The van der Waals surface area contributed by atoms with E-state index in [1.165, 1.54) is 11.8 Å². The minimum absolute atomic E-state index is 0.305. The number of ether oxygens (including phenoxy) is 1. The van der Waals surface area contributed by atoms with Gasteiger partial charge in [-0.2, -0.15) is 0 Å². The summed E-state index contributed by atoms with van der Waals surface area (Å²) in [5, 5.41) is 13.7. The predicted octanol–water partition coefficient (Wildman–Crippen LogP) is 5.70. The predicted molar refractivity (Wildman–Crippen MR) is 121 cm³/mol. The number of hydrogen-bond donors (Lipinski definition) is 0. The molecule has 0 bridgehead atoms. The molecule has 3 aromatic heterocycles. The lowest BCUT2D eigenvalue weighted by atomic mass is 10.2. The molecule has 0 saturated heterocycles. The van der Waals surface area contributed by atoms with Gasteiger partial charge in [-0.25, -0.2) is 0 Å². The van der Waals surface area contributed by atoms with Crippen molar-refractivity contribution in [1.29, 1.82) is 0 Å². The Bertz CT molecular complexity index is 1300. The summed E-state index contributed by atoms with van der Waals surface area (Å²) in [5.41, 5.74) is 2.84. The Morgan fingerprint density at radius 1 is 0.938 bits per heavy atom. The van der Waals surface area contributed by atoms with Gasteiger partial charge in [0.1, 0.15) is 12.4 Å². The molecule has 0 atom stereocenters. The molecule has 160 valence electrons. The smallest absolute Gasteiger partial charge is 0.202 e. The molecule has 0 unspecified atom stereocenters. The zero-order chi connectivity index (χ0) is 21.8. The van der Waals surface area contributed by atoms with Crippen molar-refractivity contribution in [2.75, 3.05) is 0 Å². The van der Waals surface area contributed by atoms with Crippen LogP contribution >= 0.6 is 11.8 Å². The minimum atomic E-state index is 0.305. The van der Waals surface area contributed by atoms with E-state index in [9.17, 15) is 0 Å². The van der Waals surface area contributed by atoms with Crippen LogP contribution in [-0.4, -0.2) is 19.9 Å². The van der Waals surface area contributed by atoms with Crippen LogP contribution in [0.3, 0.4) is 0 Å². The molecule has 5 rings (SSSR count). The molecule has 0 radical (unpaired) electrons. The fraction of sp³-hybridized carbons (Fsp3) is 0.125. The lowest BCUT2D eigenvalue weighted by Crippen LogP contribution is -2.07. The summed E-state index contributed by atoms with van der Waals surface area (Å²) in [6.45, 7) is 2.33. The number of furan rings is 1. The summed E-state index contributed by atoms with van der Waals surface area (Å²) >= 11 is 1.53. The van der Waals surface area contributed by atoms with Gasteiger partial charge in [-0.15, -0.1) is 10.2 Å². The lowest BCUT2D eigenvalue weighted by Gasteiger charge is -2.12. The second kappa shape index (κ2) is 9.15. The van der Waals surface area contributed by atoms with Gasteiger partial charge in [-0.3, -0.25) is 4.57 Å². The molecule has 2 aromatic carbocycles. The monoisotopic (exact) mass is 444 g/mol. The average molecular weight is 445 g/mol. The van der Waals surface area contributed by atoms with Crippen LogP contribution in [0.5, 0.6) is 5.75 Å². The van der Waals surface area contributed by atoms with Gasteiger partial charge >= 0.3 is 0 Å². The van der Waals surface area contributed by atoms with Gasteiger partial charge in [0.15, 0.2) is 16.7 Å². The van der Waals surface area contributed by atoms with Crippen molar-refractivity contribution in [1.82, 2.24) is 19.9 Å². The van der Waals surface area contributed by atoms with Gasteiger partial charge in [-0.1, -0.05) is 53.3 Å². The van der Waals surface area contributed by atoms with Crippen LogP contribution in [0.4, 0.5) is 0 Å². The molecule has 0 spiro atoms. The number of aromatic nitrogens is 4. The van der Waals surface area contributed by atoms with E-state index in [1.54, 1.807) is 6.26 Å². The van der Waals surface area contributed by atoms with Crippen LogP contribution < -0.4 is 4.74 Å². The molecule has 7 nitrogen and oxygen atoms in total. The van der Waals surface area contributed by atoms with E-state index < -0.39 is 0 Å². The molecular formula is C24H20N4O3S. The normalized spacial score (nSPS) is 11.0. The van der Waals surface area contributed by atoms with E-state index in [0.29, 0.717) is 23.9 Å². The highest BCUT2D eigenvalue weighted by Gasteiger charge is 2.17. The molecule has 0 aliphatic carbocycles. The first kappa shape index (κ1) is 20.1. The molecule has 3 heterocycles. The maximum absolute atomic E-state index is 6.04. The number of rotatable bonds is 8. The fourth-order valence-corrected chi connectivity index (χ4v) is 4.09. The summed E-state index contributed by atoms with van der Waals surface area (Å²) in [6.07, 6.45) is 1.61. The van der Waals surface area contributed by atoms with Gasteiger partial charge in [0.2, 0.25) is 5.76 Å². The largest absolute Gasteiger partial charge is 0.485 e. The number of nitrogens with zero attached hydrogens (tertiary/aromatic N) is 4. The van der Waals surface area contributed by atoms with Crippen molar-refractivity contribution in [3.63, 3.8) is 0 Å². The highest BCUT2D eigenvalue weighted by Crippen LogP contribution is 2.28. The zero-order valence-corrected chi connectivity index (χ0v) is 18.2. The van der Waals surface area contributed by atoms with Crippen molar-refractivity contribution >= 4 is 11.8 Å². The van der Waals surface area contributed by atoms with Crippen LogP contribution in [-0.2, 0) is 12.4 Å². The molecule has 0 aliphatic rings. The van der Waals surface area contributed by atoms with Crippen LogP contribution in [0.25, 0.3) is 17.2 Å². The number of benzene rings is 2. The highest BCUT2D eigenvalue weighted by molar-refractivity contribution is 7.98. The standard InChI is InChI=1S/C24H20N4O3S/c1-17-8-5-6-11-20(17)30-15-23-25-26-24(28(23)19-9-3-2-4-10-19)32-16-18-14-22(31-27-18)21-12-7-13-29-21/h2-14H,15-16H2,1H3. The van der Waals surface area contributed by atoms with Crippen LogP contribution in [0.2, 0.25) is 0 Å². The third kappa shape index (κ3) is 4.31. The van der Waals surface area contributed by atoms with E-state index >= 15 is 0 Å². The first-order valence-corrected chi connectivity index (χ1v) is 11.1. The molecule has 0 saturated carbocycles. The van der Waals surface area contributed by atoms with Gasteiger partial charge in [0.05, 0.1) is 12.0 Å². The maximum atomic E-state index is 6.04. The van der Waals surface area contributed by atoms with E-state index in [4.69, 9.17) is 13.7 Å². The first-order valence-electron chi connectivity index (χ1n) is 10.1. The molecule has 0 fully saturated rings. The van der Waals surface area contributed by atoms with Crippen molar-refractivity contribution < 1.29 is 13.7 Å². The second-order valence-corrected chi connectivity index (χ2v) is 8.01. The van der Waals surface area contributed by atoms with Crippen LogP contribution in [0.1, 0.15) is 17.1 Å². The number of hydrogen-bond acceptors (Lipinski definition) is 7. The van der Waals surface area contributed by atoms with Crippen molar-refractivity contribution in [2.24, 2.45) is 0 Å². The van der Waals surface area contributed by atoms with Gasteiger partial charge < -0.3 is 13.7 Å². The second-order valence-electron chi connectivity index (χ2n) is 7.07. The Morgan fingerprint density at radius 2 is 1.78 bits per heavy atom. The molecular weight excluding hydrogens is 424 g/mol. The van der Waals surface area contributed by atoms with Crippen molar-refractivity contribution in [3.05, 3.63) is 96.1 Å². The van der Waals surface area contributed by atoms with E-state index in [2.05, 4.69) is 15.4 Å². The third-order valence-corrected chi connectivity index (χ3v) is 5.80. The molecule has 8 heteroatoms. The number of thioether (sulfide) groups is 1. The quantitative estimate of drug-likeness (QED) is 0.284. The highest BCUT2D eigenvalue weighted by atomic mass is 32.2. The molecule has 5 aromatic rings. The minimum Gasteiger partial charge on any atom is -0.485 e. The Morgan fingerprint density at radius 3 is 2.59 bits per heavy atom. The number of para-hydroxylation sites is 2. The maximum Gasteiger partial charge on any atom is 0.202 e.